The summed E-state index contributed by atoms with van der Waals surface area (Å²) in [4.78, 5) is 0. The average molecular weight is 286 g/mol. The Balaban J connectivity index is 1.61. The molecule has 1 aliphatic carbocycles. The van der Waals surface area contributed by atoms with Crippen LogP contribution >= 0.6 is 11.6 Å². The lowest BCUT2D eigenvalue weighted by Crippen LogP contribution is -2.24. The summed E-state index contributed by atoms with van der Waals surface area (Å²) in [6.07, 6.45) is 6.72. The van der Waals surface area contributed by atoms with Gasteiger partial charge in [-0.25, -0.2) is 4.39 Å². The van der Waals surface area contributed by atoms with Crippen LogP contribution in [0.4, 0.5) is 4.39 Å². The molecule has 0 aromatic heterocycles. The minimum Gasteiger partial charge on any atom is -0.377 e. The van der Waals surface area contributed by atoms with Crippen LogP contribution in [0.25, 0.3) is 0 Å². The molecule has 4 heteroatoms. The minimum atomic E-state index is -0.256. The van der Waals surface area contributed by atoms with E-state index < -0.39 is 0 Å². The van der Waals surface area contributed by atoms with Crippen LogP contribution in [0.5, 0.6) is 0 Å². The molecule has 1 aliphatic rings. The highest BCUT2D eigenvalue weighted by Gasteiger charge is 2.12. The van der Waals surface area contributed by atoms with Crippen LogP contribution in [-0.2, 0) is 11.3 Å². The summed E-state index contributed by atoms with van der Waals surface area (Å²) in [6.45, 7) is 1.95. The normalized spacial score (nSPS) is 16.7. The van der Waals surface area contributed by atoms with Crippen molar-refractivity contribution >= 4 is 11.6 Å². The number of halogens is 2. The Morgan fingerprint density at radius 2 is 2.05 bits per heavy atom. The third-order valence-electron chi connectivity index (χ3n) is 3.52. The highest BCUT2D eigenvalue weighted by Crippen LogP contribution is 2.20. The van der Waals surface area contributed by atoms with Gasteiger partial charge >= 0.3 is 0 Å². The molecule has 0 bridgehead atoms. The summed E-state index contributed by atoms with van der Waals surface area (Å²) in [5, 5.41) is 3.63. The van der Waals surface area contributed by atoms with Gasteiger partial charge < -0.3 is 10.1 Å². The quantitative estimate of drug-likeness (QED) is 0.800. The van der Waals surface area contributed by atoms with Gasteiger partial charge in [0.25, 0.3) is 0 Å². The fourth-order valence-electron chi connectivity index (χ4n) is 2.42. The summed E-state index contributed by atoms with van der Waals surface area (Å²) in [7, 11) is 0. The Bertz CT molecular complexity index is 394. The molecule has 1 fully saturated rings. The molecule has 2 rings (SSSR count). The minimum absolute atomic E-state index is 0.256. The first-order chi connectivity index (χ1) is 9.25. The number of nitrogens with one attached hydrogen (secondary N) is 1. The fourth-order valence-corrected chi connectivity index (χ4v) is 2.58. The van der Waals surface area contributed by atoms with Crippen molar-refractivity contribution in [3.05, 3.63) is 34.6 Å². The molecule has 0 saturated heterocycles. The number of benzene rings is 1. The van der Waals surface area contributed by atoms with Crippen molar-refractivity contribution < 1.29 is 9.13 Å². The van der Waals surface area contributed by atoms with Crippen molar-refractivity contribution in [2.24, 2.45) is 0 Å². The predicted molar refractivity (Wildman–Crippen MR) is 75.9 cm³/mol. The van der Waals surface area contributed by atoms with Gasteiger partial charge in [-0.1, -0.05) is 36.9 Å². The first kappa shape index (κ1) is 14.8. The van der Waals surface area contributed by atoms with Gasteiger partial charge in [-0.3, -0.25) is 0 Å². The van der Waals surface area contributed by atoms with Gasteiger partial charge in [0.1, 0.15) is 5.82 Å². The molecule has 1 N–H and O–H groups in total. The van der Waals surface area contributed by atoms with Crippen LogP contribution in [0.15, 0.2) is 18.2 Å². The lowest BCUT2D eigenvalue weighted by molar-refractivity contribution is 0.0302. The summed E-state index contributed by atoms with van der Waals surface area (Å²) in [5.74, 6) is -0.256. The fraction of sp³-hybridized carbons (Fsp3) is 0.600. The monoisotopic (exact) mass is 285 g/mol. The molecule has 19 heavy (non-hydrogen) atoms. The molecule has 0 radical (unpaired) electrons. The van der Waals surface area contributed by atoms with E-state index in [-0.39, 0.29) is 5.82 Å². The van der Waals surface area contributed by atoms with Crippen molar-refractivity contribution in [3.8, 4) is 0 Å². The molecular weight excluding hydrogens is 265 g/mol. The van der Waals surface area contributed by atoms with Crippen LogP contribution in [0.3, 0.4) is 0 Å². The molecule has 1 aromatic carbocycles. The van der Waals surface area contributed by atoms with Crippen molar-refractivity contribution in [2.45, 2.75) is 44.8 Å². The zero-order valence-corrected chi connectivity index (χ0v) is 11.9. The lowest BCUT2D eigenvalue weighted by atomic mass is 9.98. The van der Waals surface area contributed by atoms with E-state index in [4.69, 9.17) is 16.3 Å². The zero-order valence-electron chi connectivity index (χ0n) is 11.1. The highest BCUT2D eigenvalue weighted by atomic mass is 35.5. The highest BCUT2D eigenvalue weighted by molar-refractivity contribution is 6.30. The summed E-state index contributed by atoms with van der Waals surface area (Å²) in [5.41, 5.74) is 0.641. The average Bonchev–Trinajstić information content (AvgIpc) is 2.42. The van der Waals surface area contributed by atoms with Crippen molar-refractivity contribution in [1.29, 1.82) is 0 Å². The van der Waals surface area contributed by atoms with Crippen LogP contribution in [0, 0.1) is 5.82 Å². The number of hydrogen-bond acceptors (Lipinski definition) is 2. The largest absolute Gasteiger partial charge is 0.377 e. The van der Waals surface area contributed by atoms with E-state index in [0.29, 0.717) is 29.8 Å². The van der Waals surface area contributed by atoms with E-state index in [1.165, 1.54) is 38.2 Å². The Kier molecular flexibility index (Phi) is 6.08. The topological polar surface area (TPSA) is 21.3 Å². The van der Waals surface area contributed by atoms with E-state index in [1.54, 1.807) is 12.1 Å². The van der Waals surface area contributed by atoms with E-state index in [0.717, 1.165) is 6.54 Å². The second kappa shape index (κ2) is 7.83. The first-order valence-corrected chi connectivity index (χ1v) is 7.40. The van der Waals surface area contributed by atoms with Crippen LogP contribution < -0.4 is 5.32 Å². The SMILES string of the molecule is Fc1cc(Cl)ccc1CNCCOC1CCCCC1. The van der Waals surface area contributed by atoms with Gasteiger partial charge in [0.2, 0.25) is 0 Å². The van der Waals surface area contributed by atoms with Crippen molar-refractivity contribution in [3.63, 3.8) is 0 Å². The molecule has 0 unspecified atom stereocenters. The number of rotatable bonds is 6. The first-order valence-electron chi connectivity index (χ1n) is 7.02. The molecule has 106 valence electrons. The van der Waals surface area contributed by atoms with Crippen LogP contribution in [0.1, 0.15) is 37.7 Å². The van der Waals surface area contributed by atoms with E-state index >= 15 is 0 Å². The molecule has 1 aromatic rings. The Labute approximate surface area is 119 Å². The number of hydrogen-bond donors (Lipinski definition) is 1. The van der Waals surface area contributed by atoms with Gasteiger partial charge in [0.05, 0.1) is 12.7 Å². The summed E-state index contributed by atoms with van der Waals surface area (Å²) < 4.78 is 19.3. The Hall–Kier alpha value is -0.640. The van der Waals surface area contributed by atoms with Crippen LogP contribution in [-0.4, -0.2) is 19.3 Å². The zero-order chi connectivity index (χ0) is 13.5. The molecule has 0 amide bonds. The Morgan fingerprint density at radius 1 is 1.26 bits per heavy atom. The van der Waals surface area contributed by atoms with Gasteiger partial charge in [-0.2, -0.15) is 0 Å². The maximum atomic E-state index is 13.5. The maximum Gasteiger partial charge on any atom is 0.129 e. The summed E-state index contributed by atoms with van der Waals surface area (Å²) >= 11 is 5.71. The third-order valence-corrected chi connectivity index (χ3v) is 3.75. The smallest absolute Gasteiger partial charge is 0.129 e. The standard InChI is InChI=1S/C15H21ClFNO/c16-13-7-6-12(15(17)10-13)11-18-8-9-19-14-4-2-1-3-5-14/h6-7,10,14,18H,1-5,8-9,11H2. The van der Waals surface area contributed by atoms with Gasteiger partial charge in [0, 0.05) is 23.7 Å². The second-order valence-electron chi connectivity index (χ2n) is 5.04. The van der Waals surface area contributed by atoms with E-state index in [1.807, 2.05) is 0 Å². The van der Waals surface area contributed by atoms with Gasteiger partial charge in [-0.05, 0) is 25.0 Å². The molecule has 0 heterocycles. The molecule has 0 aliphatic heterocycles. The van der Waals surface area contributed by atoms with Crippen molar-refractivity contribution in [1.82, 2.24) is 5.32 Å². The molecule has 0 atom stereocenters. The molecular formula is C15H21ClFNO. The lowest BCUT2D eigenvalue weighted by Gasteiger charge is -2.22. The molecule has 2 nitrogen and oxygen atoms in total. The molecule has 1 saturated carbocycles. The van der Waals surface area contributed by atoms with Gasteiger partial charge in [0.15, 0.2) is 0 Å². The van der Waals surface area contributed by atoms with E-state index in [9.17, 15) is 4.39 Å². The second-order valence-corrected chi connectivity index (χ2v) is 5.48. The maximum absolute atomic E-state index is 13.5. The molecule has 0 spiro atoms. The van der Waals surface area contributed by atoms with Crippen molar-refractivity contribution in [2.75, 3.05) is 13.2 Å². The Morgan fingerprint density at radius 3 is 2.79 bits per heavy atom. The van der Waals surface area contributed by atoms with Crippen LogP contribution in [0.2, 0.25) is 5.02 Å². The summed E-state index contributed by atoms with van der Waals surface area (Å²) in [6, 6.07) is 4.77. The third kappa shape index (κ3) is 5.09. The van der Waals surface area contributed by atoms with Gasteiger partial charge in [-0.15, -0.1) is 0 Å². The predicted octanol–water partition coefficient (Wildman–Crippen LogP) is 3.92. The number of ether oxygens (including phenoxy) is 1. The van der Waals surface area contributed by atoms with E-state index in [2.05, 4.69) is 5.32 Å².